The maximum absolute atomic E-state index is 9.44. The zero-order chi connectivity index (χ0) is 7.68. The summed E-state index contributed by atoms with van der Waals surface area (Å²) >= 11 is 0. The average Bonchev–Trinajstić information content (AvgIpc) is 2.55. The molecule has 0 fully saturated rings. The van der Waals surface area contributed by atoms with Crippen molar-refractivity contribution in [2.24, 2.45) is 0 Å². The van der Waals surface area contributed by atoms with E-state index < -0.39 is 0 Å². The molecule has 1 aliphatic carbocycles. The Hall–Kier alpha value is -1.02. The van der Waals surface area contributed by atoms with Crippen molar-refractivity contribution >= 4 is 0 Å². The summed E-state index contributed by atoms with van der Waals surface area (Å²) in [4.78, 5) is 0. The molecule has 2 heteroatoms. The van der Waals surface area contributed by atoms with Gasteiger partial charge in [0, 0.05) is 0 Å². The standard InChI is InChI=1S/C9H10O2/c10-8-4-1-3-7(8)9-5-2-6-11-9/h1-3,5-8,10H,4H2/t7-,8-/m1/s1. The van der Waals surface area contributed by atoms with Crippen LogP contribution in [0.3, 0.4) is 0 Å². The Morgan fingerprint density at radius 3 is 3.00 bits per heavy atom. The van der Waals surface area contributed by atoms with Gasteiger partial charge in [0.15, 0.2) is 0 Å². The first-order chi connectivity index (χ1) is 5.38. The largest absolute Gasteiger partial charge is 0.469 e. The molecule has 1 aromatic rings. The van der Waals surface area contributed by atoms with E-state index in [4.69, 9.17) is 4.42 Å². The zero-order valence-electron chi connectivity index (χ0n) is 6.10. The second-order valence-electron chi connectivity index (χ2n) is 2.77. The molecule has 1 N–H and O–H groups in total. The summed E-state index contributed by atoms with van der Waals surface area (Å²) in [5, 5.41) is 9.44. The number of furan rings is 1. The van der Waals surface area contributed by atoms with Crippen LogP contribution in [-0.4, -0.2) is 11.2 Å². The quantitative estimate of drug-likeness (QED) is 0.618. The van der Waals surface area contributed by atoms with Crippen LogP contribution >= 0.6 is 0 Å². The molecule has 0 radical (unpaired) electrons. The van der Waals surface area contributed by atoms with Gasteiger partial charge in [0.2, 0.25) is 0 Å². The van der Waals surface area contributed by atoms with Crippen molar-refractivity contribution in [3.05, 3.63) is 36.3 Å². The Labute approximate surface area is 65.1 Å². The van der Waals surface area contributed by atoms with Crippen molar-refractivity contribution in [1.29, 1.82) is 0 Å². The van der Waals surface area contributed by atoms with E-state index in [1.54, 1.807) is 6.26 Å². The smallest absolute Gasteiger partial charge is 0.113 e. The fraction of sp³-hybridized carbons (Fsp3) is 0.333. The minimum absolute atomic E-state index is 0.0741. The zero-order valence-corrected chi connectivity index (χ0v) is 6.10. The summed E-state index contributed by atoms with van der Waals surface area (Å²) in [7, 11) is 0. The Balaban J connectivity index is 2.23. The van der Waals surface area contributed by atoms with Crippen molar-refractivity contribution in [3.63, 3.8) is 0 Å². The average molecular weight is 150 g/mol. The van der Waals surface area contributed by atoms with Crippen LogP contribution < -0.4 is 0 Å². The molecule has 11 heavy (non-hydrogen) atoms. The normalized spacial score (nSPS) is 29.5. The maximum atomic E-state index is 9.44. The van der Waals surface area contributed by atoms with Crippen molar-refractivity contribution in [1.82, 2.24) is 0 Å². The summed E-state index contributed by atoms with van der Waals surface area (Å²) in [6.45, 7) is 0. The third kappa shape index (κ3) is 1.10. The lowest BCUT2D eigenvalue weighted by Crippen LogP contribution is -2.10. The number of hydrogen-bond acceptors (Lipinski definition) is 2. The summed E-state index contributed by atoms with van der Waals surface area (Å²) in [5.41, 5.74) is 0. The molecule has 2 atom stereocenters. The predicted octanol–water partition coefficient (Wildman–Crippen LogP) is 1.68. The summed E-state index contributed by atoms with van der Waals surface area (Å²) in [5.74, 6) is 0.927. The van der Waals surface area contributed by atoms with Crippen LogP contribution in [0.4, 0.5) is 0 Å². The van der Waals surface area contributed by atoms with Gasteiger partial charge in [-0.05, 0) is 18.6 Å². The van der Waals surface area contributed by atoms with Gasteiger partial charge in [0.05, 0.1) is 18.3 Å². The van der Waals surface area contributed by atoms with Gasteiger partial charge in [-0.15, -0.1) is 0 Å². The Morgan fingerprint density at radius 1 is 1.55 bits per heavy atom. The van der Waals surface area contributed by atoms with Crippen molar-refractivity contribution < 1.29 is 9.52 Å². The van der Waals surface area contributed by atoms with Crippen molar-refractivity contribution in [3.8, 4) is 0 Å². The molecule has 0 aliphatic heterocycles. The fourth-order valence-electron chi connectivity index (χ4n) is 1.40. The second kappa shape index (κ2) is 2.55. The monoisotopic (exact) mass is 150 g/mol. The highest BCUT2D eigenvalue weighted by Crippen LogP contribution is 2.28. The summed E-state index contributed by atoms with van der Waals surface area (Å²) in [6.07, 6.45) is 6.06. The van der Waals surface area contributed by atoms with Crippen LogP contribution in [0.2, 0.25) is 0 Å². The van der Waals surface area contributed by atoms with E-state index in [2.05, 4.69) is 0 Å². The number of hydrogen-bond donors (Lipinski definition) is 1. The van der Waals surface area contributed by atoms with Crippen molar-refractivity contribution in [2.45, 2.75) is 18.4 Å². The molecule has 1 aromatic heterocycles. The maximum Gasteiger partial charge on any atom is 0.113 e. The highest BCUT2D eigenvalue weighted by Gasteiger charge is 2.23. The van der Waals surface area contributed by atoms with Crippen LogP contribution in [0.25, 0.3) is 0 Å². The van der Waals surface area contributed by atoms with Gasteiger partial charge in [0.25, 0.3) is 0 Å². The second-order valence-corrected chi connectivity index (χ2v) is 2.77. The lowest BCUT2D eigenvalue weighted by Gasteiger charge is -2.09. The molecule has 0 saturated carbocycles. The third-order valence-corrected chi connectivity index (χ3v) is 2.01. The van der Waals surface area contributed by atoms with Crippen LogP contribution in [0, 0.1) is 0 Å². The molecule has 0 spiro atoms. The molecule has 0 amide bonds. The third-order valence-electron chi connectivity index (χ3n) is 2.01. The molecule has 0 bridgehead atoms. The van der Waals surface area contributed by atoms with Gasteiger partial charge in [-0.25, -0.2) is 0 Å². The number of aliphatic hydroxyl groups is 1. The first-order valence-electron chi connectivity index (χ1n) is 3.76. The van der Waals surface area contributed by atoms with Crippen LogP contribution in [-0.2, 0) is 0 Å². The van der Waals surface area contributed by atoms with E-state index in [0.717, 1.165) is 12.2 Å². The van der Waals surface area contributed by atoms with Gasteiger partial charge in [-0.2, -0.15) is 0 Å². The SMILES string of the molecule is O[C@@H]1CC=C[C@H]1c1ccco1. The van der Waals surface area contributed by atoms with Crippen LogP contribution in [0.5, 0.6) is 0 Å². The van der Waals surface area contributed by atoms with E-state index >= 15 is 0 Å². The molecule has 0 saturated heterocycles. The Kier molecular flexibility index (Phi) is 1.55. The molecule has 0 aromatic carbocycles. The summed E-state index contributed by atoms with van der Waals surface area (Å²) in [6, 6.07) is 3.73. The number of rotatable bonds is 1. The van der Waals surface area contributed by atoms with E-state index in [0.29, 0.717) is 0 Å². The van der Waals surface area contributed by atoms with Crippen LogP contribution in [0.1, 0.15) is 18.1 Å². The molecule has 58 valence electrons. The lowest BCUT2D eigenvalue weighted by molar-refractivity contribution is 0.162. The van der Waals surface area contributed by atoms with Gasteiger partial charge < -0.3 is 9.52 Å². The fourth-order valence-corrected chi connectivity index (χ4v) is 1.40. The van der Waals surface area contributed by atoms with Gasteiger partial charge in [-0.3, -0.25) is 0 Å². The first kappa shape index (κ1) is 6.68. The van der Waals surface area contributed by atoms with Gasteiger partial charge in [-0.1, -0.05) is 12.2 Å². The van der Waals surface area contributed by atoms with Crippen molar-refractivity contribution in [2.75, 3.05) is 0 Å². The molecule has 1 heterocycles. The predicted molar refractivity (Wildman–Crippen MR) is 41.2 cm³/mol. The Morgan fingerprint density at radius 2 is 2.45 bits per heavy atom. The topological polar surface area (TPSA) is 33.4 Å². The molecule has 2 rings (SSSR count). The van der Waals surface area contributed by atoms with Gasteiger partial charge in [0.1, 0.15) is 5.76 Å². The minimum atomic E-state index is -0.291. The summed E-state index contributed by atoms with van der Waals surface area (Å²) < 4.78 is 5.18. The van der Waals surface area contributed by atoms with E-state index in [-0.39, 0.29) is 12.0 Å². The van der Waals surface area contributed by atoms with E-state index in [1.807, 2.05) is 24.3 Å². The van der Waals surface area contributed by atoms with E-state index in [1.165, 1.54) is 0 Å². The van der Waals surface area contributed by atoms with Gasteiger partial charge >= 0.3 is 0 Å². The Bertz CT molecular complexity index is 249. The molecular weight excluding hydrogens is 140 g/mol. The van der Waals surface area contributed by atoms with Crippen LogP contribution in [0.15, 0.2) is 35.0 Å². The molecule has 1 aliphatic rings. The molecule has 0 unspecified atom stereocenters. The highest BCUT2D eigenvalue weighted by atomic mass is 16.3. The number of aliphatic hydroxyl groups excluding tert-OH is 1. The highest BCUT2D eigenvalue weighted by molar-refractivity contribution is 5.19. The van der Waals surface area contributed by atoms with E-state index in [9.17, 15) is 5.11 Å². The minimum Gasteiger partial charge on any atom is -0.469 e. The lowest BCUT2D eigenvalue weighted by atomic mass is 10.0. The first-order valence-corrected chi connectivity index (χ1v) is 3.76. The molecule has 2 nitrogen and oxygen atoms in total. The molecular formula is C9H10O2.